The SMILES string of the molecule is CNC(Cc1csc2ccccc12)CC(C)(C)OC. The van der Waals surface area contributed by atoms with Gasteiger partial charge in [0.25, 0.3) is 0 Å². The molecule has 1 atom stereocenters. The van der Waals surface area contributed by atoms with Gasteiger partial charge in [0.2, 0.25) is 0 Å². The average molecular weight is 277 g/mol. The fourth-order valence-corrected chi connectivity index (χ4v) is 3.38. The summed E-state index contributed by atoms with van der Waals surface area (Å²) in [5, 5.41) is 7.10. The summed E-state index contributed by atoms with van der Waals surface area (Å²) in [7, 11) is 3.82. The van der Waals surface area contributed by atoms with Crippen LogP contribution in [0.3, 0.4) is 0 Å². The summed E-state index contributed by atoms with van der Waals surface area (Å²) in [4.78, 5) is 0. The first-order valence-corrected chi connectivity index (χ1v) is 7.61. The molecule has 3 heteroatoms. The van der Waals surface area contributed by atoms with Crippen molar-refractivity contribution in [3.05, 3.63) is 35.2 Å². The Labute approximate surface area is 119 Å². The van der Waals surface area contributed by atoms with E-state index < -0.39 is 0 Å². The van der Waals surface area contributed by atoms with E-state index in [0.717, 1.165) is 12.8 Å². The van der Waals surface area contributed by atoms with Crippen LogP contribution in [0.1, 0.15) is 25.8 Å². The Morgan fingerprint density at radius 3 is 2.74 bits per heavy atom. The van der Waals surface area contributed by atoms with Crippen molar-refractivity contribution in [1.29, 1.82) is 0 Å². The minimum Gasteiger partial charge on any atom is -0.379 e. The number of methoxy groups -OCH3 is 1. The number of thiophene rings is 1. The lowest BCUT2D eigenvalue weighted by molar-refractivity contribution is 0.00775. The van der Waals surface area contributed by atoms with E-state index in [1.807, 2.05) is 18.4 Å². The van der Waals surface area contributed by atoms with Crippen LogP contribution in [0.5, 0.6) is 0 Å². The van der Waals surface area contributed by atoms with E-state index in [9.17, 15) is 0 Å². The molecule has 0 aliphatic heterocycles. The Bertz CT molecular complexity index is 532. The third-order valence-corrected chi connectivity index (χ3v) is 4.74. The van der Waals surface area contributed by atoms with E-state index in [-0.39, 0.29) is 5.60 Å². The second kappa shape index (κ2) is 6.04. The van der Waals surface area contributed by atoms with Crippen LogP contribution in [-0.2, 0) is 11.2 Å². The van der Waals surface area contributed by atoms with Crippen molar-refractivity contribution in [2.75, 3.05) is 14.2 Å². The summed E-state index contributed by atoms with van der Waals surface area (Å²) in [6.45, 7) is 4.28. The fourth-order valence-electron chi connectivity index (χ4n) is 2.41. The number of hydrogen-bond donors (Lipinski definition) is 1. The Morgan fingerprint density at radius 1 is 1.32 bits per heavy atom. The van der Waals surface area contributed by atoms with Crippen molar-refractivity contribution in [3.8, 4) is 0 Å². The number of likely N-dealkylation sites (N-methyl/N-ethyl adjacent to an activating group) is 1. The molecule has 1 N–H and O–H groups in total. The molecule has 0 radical (unpaired) electrons. The molecule has 2 aromatic rings. The maximum absolute atomic E-state index is 5.54. The first-order valence-electron chi connectivity index (χ1n) is 6.73. The van der Waals surface area contributed by atoms with Crippen LogP contribution < -0.4 is 5.32 Å². The first-order chi connectivity index (χ1) is 9.05. The topological polar surface area (TPSA) is 21.3 Å². The van der Waals surface area contributed by atoms with E-state index in [1.165, 1.54) is 15.6 Å². The molecule has 1 aromatic heterocycles. The Hall–Kier alpha value is -0.900. The lowest BCUT2D eigenvalue weighted by atomic mass is 9.94. The predicted molar refractivity (Wildman–Crippen MR) is 84.1 cm³/mol. The second-order valence-electron chi connectivity index (χ2n) is 5.61. The van der Waals surface area contributed by atoms with Crippen LogP contribution in [0.2, 0.25) is 0 Å². The third-order valence-electron chi connectivity index (χ3n) is 3.73. The summed E-state index contributed by atoms with van der Waals surface area (Å²) in [5.74, 6) is 0. The highest BCUT2D eigenvalue weighted by molar-refractivity contribution is 7.17. The summed E-state index contributed by atoms with van der Waals surface area (Å²) in [6, 6.07) is 9.07. The second-order valence-corrected chi connectivity index (χ2v) is 6.53. The molecule has 0 bridgehead atoms. The van der Waals surface area contributed by atoms with Crippen LogP contribution in [0.25, 0.3) is 10.1 Å². The van der Waals surface area contributed by atoms with E-state index in [4.69, 9.17) is 4.74 Å². The number of rotatable bonds is 6. The van der Waals surface area contributed by atoms with Crippen molar-refractivity contribution in [2.45, 2.75) is 38.3 Å². The van der Waals surface area contributed by atoms with Gasteiger partial charge in [-0.05, 0) is 56.1 Å². The van der Waals surface area contributed by atoms with Gasteiger partial charge >= 0.3 is 0 Å². The molecule has 0 fully saturated rings. The zero-order valence-electron chi connectivity index (χ0n) is 12.2. The van der Waals surface area contributed by atoms with Gasteiger partial charge in [-0.25, -0.2) is 0 Å². The maximum Gasteiger partial charge on any atom is 0.0637 e. The summed E-state index contributed by atoms with van der Waals surface area (Å²) < 4.78 is 6.91. The molecule has 2 rings (SSSR count). The largest absolute Gasteiger partial charge is 0.379 e. The van der Waals surface area contributed by atoms with Crippen molar-refractivity contribution in [3.63, 3.8) is 0 Å². The highest BCUT2D eigenvalue weighted by Crippen LogP contribution is 2.28. The third kappa shape index (κ3) is 3.56. The molecule has 0 spiro atoms. The molecule has 0 saturated heterocycles. The quantitative estimate of drug-likeness (QED) is 0.866. The number of fused-ring (bicyclic) bond motifs is 1. The average Bonchev–Trinajstić information content (AvgIpc) is 2.81. The van der Waals surface area contributed by atoms with Gasteiger partial charge in [0.05, 0.1) is 5.60 Å². The standard InChI is InChI=1S/C16H23NOS/c1-16(2,18-4)10-13(17-3)9-12-11-19-15-8-6-5-7-14(12)15/h5-8,11,13,17H,9-10H2,1-4H3. The number of benzene rings is 1. The molecule has 0 saturated carbocycles. The molecular weight excluding hydrogens is 254 g/mol. The Balaban J connectivity index is 2.14. The Morgan fingerprint density at radius 2 is 2.05 bits per heavy atom. The minimum atomic E-state index is -0.0838. The lowest BCUT2D eigenvalue weighted by Gasteiger charge is -2.28. The van der Waals surface area contributed by atoms with Gasteiger partial charge in [0, 0.05) is 17.9 Å². The van der Waals surface area contributed by atoms with Gasteiger partial charge in [0.1, 0.15) is 0 Å². The zero-order valence-corrected chi connectivity index (χ0v) is 13.0. The van der Waals surface area contributed by atoms with Gasteiger partial charge in [-0.15, -0.1) is 11.3 Å². The normalized spacial score (nSPS) is 13.9. The fraction of sp³-hybridized carbons (Fsp3) is 0.500. The molecule has 0 aliphatic carbocycles. The molecular formula is C16H23NOS. The van der Waals surface area contributed by atoms with Crippen molar-refractivity contribution in [2.24, 2.45) is 0 Å². The van der Waals surface area contributed by atoms with Gasteiger partial charge in [-0.2, -0.15) is 0 Å². The molecule has 0 aliphatic rings. The molecule has 19 heavy (non-hydrogen) atoms. The van der Waals surface area contributed by atoms with Gasteiger partial charge in [-0.1, -0.05) is 18.2 Å². The summed E-state index contributed by atoms with van der Waals surface area (Å²) in [6.07, 6.45) is 2.05. The highest BCUT2D eigenvalue weighted by Gasteiger charge is 2.22. The van der Waals surface area contributed by atoms with Crippen LogP contribution in [0.15, 0.2) is 29.6 Å². The molecule has 0 amide bonds. The molecule has 1 heterocycles. The van der Waals surface area contributed by atoms with Crippen molar-refractivity contribution >= 4 is 21.4 Å². The summed E-state index contributed by atoms with van der Waals surface area (Å²) >= 11 is 1.83. The number of hydrogen-bond acceptors (Lipinski definition) is 3. The number of nitrogens with one attached hydrogen (secondary N) is 1. The zero-order chi connectivity index (χ0) is 13.9. The van der Waals surface area contributed by atoms with Crippen molar-refractivity contribution < 1.29 is 4.74 Å². The van der Waals surface area contributed by atoms with Gasteiger partial charge in [-0.3, -0.25) is 0 Å². The lowest BCUT2D eigenvalue weighted by Crippen LogP contribution is -2.37. The van der Waals surface area contributed by atoms with E-state index in [0.29, 0.717) is 6.04 Å². The molecule has 1 unspecified atom stereocenters. The van der Waals surface area contributed by atoms with E-state index in [2.05, 4.69) is 48.8 Å². The van der Waals surface area contributed by atoms with Gasteiger partial charge < -0.3 is 10.1 Å². The number of ether oxygens (including phenoxy) is 1. The molecule has 104 valence electrons. The minimum absolute atomic E-state index is 0.0838. The van der Waals surface area contributed by atoms with Crippen LogP contribution in [0.4, 0.5) is 0 Å². The summed E-state index contributed by atoms with van der Waals surface area (Å²) in [5.41, 5.74) is 1.35. The predicted octanol–water partition coefficient (Wildman–Crippen LogP) is 3.85. The van der Waals surface area contributed by atoms with Crippen LogP contribution in [0, 0.1) is 0 Å². The highest BCUT2D eigenvalue weighted by atomic mass is 32.1. The molecule has 2 nitrogen and oxygen atoms in total. The maximum atomic E-state index is 5.54. The van der Waals surface area contributed by atoms with E-state index in [1.54, 1.807) is 7.11 Å². The first kappa shape index (κ1) is 14.5. The van der Waals surface area contributed by atoms with E-state index >= 15 is 0 Å². The Kier molecular flexibility index (Phi) is 4.61. The van der Waals surface area contributed by atoms with Crippen LogP contribution >= 0.6 is 11.3 Å². The molecule has 1 aromatic carbocycles. The monoisotopic (exact) mass is 277 g/mol. The van der Waals surface area contributed by atoms with Gasteiger partial charge in [0.15, 0.2) is 0 Å². The van der Waals surface area contributed by atoms with Crippen LogP contribution in [-0.4, -0.2) is 25.8 Å². The van der Waals surface area contributed by atoms with Crippen molar-refractivity contribution in [1.82, 2.24) is 5.32 Å². The smallest absolute Gasteiger partial charge is 0.0637 e.